The SMILES string of the molecule is Cc1ccc(N)c(NC(=O)c2cccc(Cl)c2Cl)c1C. The van der Waals surface area contributed by atoms with Crippen LogP contribution in [-0.4, -0.2) is 5.91 Å². The Hall–Kier alpha value is -1.71. The monoisotopic (exact) mass is 308 g/mol. The Morgan fingerprint density at radius 3 is 2.55 bits per heavy atom. The summed E-state index contributed by atoms with van der Waals surface area (Å²) in [5.41, 5.74) is 9.32. The van der Waals surface area contributed by atoms with E-state index < -0.39 is 0 Å². The number of carbonyl (C=O) groups excluding carboxylic acids is 1. The van der Waals surface area contributed by atoms with Crippen LogP contribution in [0.15, 0.2) is 30.3 Å². The molecule has 0 unspecified atom stereocenters. The van der Waals surface area contributed by atoms with Gasteiger partial charge in [0.2, 0.25) is 0 Å². The van der Waals surface area contributed by atoms with Crippen molar-refractivity contribution in [1.82, 2.24) is 0 Å². The third-order valence-corrected chi connectivity index (χ3v) is 4.02. The number of nitrogens with one attached hydrogen (secondary N) is 1. The topological polar surface area (TPSA) is 55.1 Å². The Morgan fingerprint density at radius 1 is 1.15 bits per heavy atom. The standard InChI is InChI=1S/C15H14Cl2N2O/c1-8-6-7-12(18)14(9(8)2)19-15(20)10-4-3-5-11(16)13(10)17/h3-7H,18H2,1-2H3,(H,19,20). The summed E-state index contributed by atoms with van der Waals surface area (Å²) >= 11 is 12.0. The molecule has 0 aliphatic carbocycles. The highest BCUT2D eigenvalue weighted by molar-refractivity contribution is 6.44. The van der Waals surface area contributed by atoms with E-state index in [4.69, 9.17) is 28.9 Å². The van der Waals surface area contributed by atoms with Gasteiger partial charge < -0.3 is 11.1 Å². The van der Waals surface area contributed by atoms with Gasteiger partial charge in [0, 0.05) is 0 Å². The molecule has 0 heterocycles. The molecule has 2 rings (SSSR count). The molecule has 0 aliphatic heterocycles. The Bertz CT molecular complexity index is 684. The van der Waals surface area contributed by atoms with E-state index in [0.717, 1.165) is 11.1 Å². The molecule has 0 aromatic heterocycles. The van der Waals surface area contributed by atoms with Crippen molar-refractivity contribution in [2.24, 2.45) is 0 Å². The third kappa shape index (κ3) is 2.74. The Balaban J connectivity index is 2.38. The zero-order valence-electron chi connectivity index (χ0n) is 11.1. The van der Waals surface area contributed by atoms with E-state index in [1.807, 2.05) is 19.9 Å². The van der Waals surface area contributed by atoms with Crippen LogP contribution >= 0.6 is 23.2 Å². The molecule has 0 bridgehead atoms. The molecule has 0 spiro atoms. The summed E-state index contributed by atoms with van der Waals surface area (Å²) in [5.74, 6) is -0.335. The molecule has 0 aliphatic rings. The van der Waals surface area contributed by atoms with Crippen molar-refractivity contribution in [3.8, 4) is 0 Å². The van der Waals surface area contributed by atoms with E-state index in [0.29, 0.717) is 22.0 Å². The molecule has 3 N–H and O–H groups in total. The Kier molecular flexibility index (Phi) is 4.21. The van der Waals surface area contributed by atoms with Crippen molar-refractivity contribution in [2.75, 3.05) is 11.1 Å². The minimum atomic E-state index is -0.335. The van der Waals surface area contributed by atoms with E-state index in [9.17, 15) is 4.79 Å². The smallest absolute Gasteiger partial charge is 0.257 e. The number of benzene rings is 2. The quantitative estimate of drug-likeness (QED) is 0.806. The van der Waals surface area contributed by atoms with Crippen molar-refractivity contribution in [2.45, 2.75) is 13.8 Å². The molecule has 0 atom stereocenters. The zero-order chi connectivity index (χ0) is 14.9. The molecule has 5 heteroatoms. The van der Waals surface area contributed by atoms with Gasteiger partial charge in [0.1, 0.15) is 0 Å². The first-order valence-electron chi connectivity index (χ1n) is 6.03. The zero-order valence-corrected chi connectivity index (χ0v) is 12.6. The predicted octanol–water partition coefficient (Wildman–Crippen LogP) is 4.44. The number of aryl methyl sites for hydroxylation is 1. The summed E-state index contributed by atoms with van der Waals surface area (Å²) in [5, 5.41) is 3.37. The molecular formula is C15H14Cl2N2O. The number of hydrogen-bond acceptors (Lipinski definition) is 2. The second-order valence-electron chi connectivity index (χ2n) is 4.53. The molecule has 2 aromatic rings. The summed E-state index contributed by atoms with van der Waals surface area (Å²) in [6.07, 6.45) is 0. The maximum absolute atomic E-state index is 12.3. The van der Waals surface area contributed by atoms with E-state index in [1.165, 1.54) is 0 Å². The lowest BCUT2D eigenvalue weighted by molar-refractivity contribution is 0.102. The molecule has 20 heavy (non-hydrogen) atoms. The van der Waals surface area contributed by atoms with Crippen LogP contribution < -0.4 is 11.1 Å². The minimum Gasteiger partial charge on any atom is -0.397 e. The molecule has 0 fully saturated rings. The van der Waals surface area contributed by atoms with Crippen LogP contribution in [-0.2, 0) is 0 Å². The van der Waals surface area contributed by atoms with E-state index in [1.54, 1.807) is 24.3 Å². The molecule has 3 nitrogen and oxygen atoms in total. The average molecular weight is 309 g/mol. The fraction of sp³-hybridized carbons (Fsp3) is 0.133. The summed E-state index contributed by atoms with van der Waals surface area (Å²) in [4.78, 5) is 12.3. The van der Waals surface area contributed by atoms with Crippen LogP contribution in [0.3, 0.4) is 0 Å². The summed E-state index contributed by atoms with van der Waals surface area (Å²) in [6, 6.07) is 8.59. The van der Waals surface area contributed by atoms with Gasteiger partial charge in [0.25, 0.3) is 5.91 Å². The lowest BCUT2D eigenvalue weighted by Gasteiger charge is -2.14. The number of carbonyl (C=O) groups is 1. The number of halogens is 2. The number of anilines is 2. The normalized spacial score (nSPS) is 10.4. The molecule has 0 saturated heterocycles. The maximum Gasteiger partial charge on any atom is 0.257 e. The van der Waals surface area contributed by atoms with Crippen molar-refractivity contribution >= 4 is 40.5 Å². The van der Waals surface area contributed by atoms with Gasteiger partial charge in [0.15, 0.2) is 0 Å². The van der Waals surface area contributed by atoms with Crippen molar-refractivity contribution in [1.29, 1.82) is 0 Å². The highest BCUT2D eigenvalue weighted by Crippen LogP contribution is 2.29. The lowest BCUT2D eigenvalue weighted by atomic mass is 10.1. The largest absolute Gasteiger partial charge is 0.397 e. The Labute approximate surface area is 127 Å². The van der Waals surface area contributed by atoms with Gasteiger partial charge in [-0.1, -0.05) is 35.3 Å². The van der Waals surface area contributed by atoms with Crippen molar-refractivity contribution < 1.29 is 4.79 Å². The molecular weight excluding hydrogens is 295 g/mol. The average Bonchev–Trinajstić information content (AvgIpc) is 2.42. The number of hydrogen-bond donors (Lipinski definition) is 2. The highest BCUT2D eigenvalue weighted by Gasteiger charge is 2.15. The Morgan fingerprint density at radius 2 is 1.85 bits per heavy atom. The van der Waals surface area contributed by atoms with Gasteiger partial charge >= 0.3 is 0 Å². The van der Waals surface area contributed by atoms with Gasteiger partial charge in [-0.15, -0.1) is 0 Å². The predicted molar refractivity (Wildman–Crippen MR) is 84.7 cm³/mol. The first kappa shape index (κ1) is 14.7. The molecule has 104 valence electrons. The van der Waals surface area contributed by atoms with Gasteiger partial charge in [-0.2, -0.15) is 0 Å². The molecule has 1 amide bonds. The highest BCUT2D eigenvalue weighted by atomic mass is 35.5. The van der Waals surface area contributed by atoms with Crippen molar-refractivity contribution in [3.05, 3.63) is 57.1 Å². The fourth-order valence-corrected chi connectivity index (χ4v) is 2.25. The van der Waals surface area contributed by atoms with E-state index in [2.05, 4.69) is 5.32 Å². The second-order valence-corrected chi connectivity index (χ2v) is 5.31. The summed E-state index contributed by atoms with van der Waals surface area (Å²) < 4.78 is 0. The minimum absolute atomic E-state index is 0.232. The summed E-state index contributed by atoms with van der Waals surface area (Å²) in [7, 11) is 0. The number of nitrogen functional groups attached to an aromatic ring is 1. The van der Waals surface area contributed by atoms with E-state index >= 15 is 0 Å². The molecule has 0 radical (unpaired) electrons. The first-order valence-corrected chi connectivity index (χ1v) is 6.78. The van der Waals surface area contributed by atoms with Gasteiger partial charge in [-0.3, -0.25) is 4.79 Å². The first-order chi connectivity index (χ1) is 9.41. The lowest BCUT2D eigenvalue weighted by Crippen LogP contribution is -2.15. The second kappa shape index (κ2) is 5.73. The van der Waals surface area contributed by atoms with Crippen LogP contribution in [0.5, 0.6) is 0 Å². The van der Waals surface area contributed by atoms with Gasteiger partial charge in [0.05, 0.1) is 27.0 Å². The van der Waals surface area contributed by atoms with Gasteiger partial charge in [-0.05, 0) is 43.2 Å². The van der Waals surface area contributed by atoms with Crippen LogP contribution in [0.25, 0.3) is 0 Å². The van der Waals surface area contributed by atoms with E-state index in [-0.39, 0.29) is 10.9 Å². The molecule has 0 saturated carbocycles. The summed E-state index contributed by atoms with van der Waals surface area (Å²) in [6.45, 7) is 3.86. The molecule has 2 aromatic carbocycles. The number of rotatable bonds is 2. The van der Waals surface area contributed by atoms with Crippen LogP contribution in [0.1, 0.15) is 21.5 Å². The van der Waals surface area contributed by atoms with Crippen LogP contribution in [0.2, 0.25) is 10.0 Å². The maximum atomic E-state index is 12.3. The van der Waals surface area contributed by atoms with Crippen LogP contribution in [0, 0.1) is 13.8 Å². The number of amides is 1. The van der Waals surface area contributed by atoms with Gasteiger partial charge in [-0.25, -0.2) is 0 Å². The number of nitrogens with two attached hydrogens (primary N) is 1. The fourth-order valence-electron chi connectivity index (χ4n) is 1.86. The van der Waals surface area contributed by atoms with Crippen LogP contribution in [0.4, 0.5) is 11.4 Å². The van der Waals surface area contributed by atoms with Crippen molar-refractivity contribution in [3.63, 3.8) is 0 Å². The third-order valence-electron chi connectivity index (χ3n) is 3.20.